The molecule has 0 fully saturated rings. The van der Waals surface area contributed by atoms with E-state index in [1.807, 2.05) is 24.4 Å². The Balaban J connectivity index is 1.92. The molecule has 84 valence electrons. The quantitative estimate of drug-likeness (QED) is 0.681. The number of benzene rings is 1. The molecular formula is C12H16N4. The summed E-state index contributed by atoms with van der Waals surface area (Å²) in [5.74, 6) is 1.02. The van der Waals surface area contributed by atoms with Gasteiger partial charge in [0, 0.05) is 30.2 Å². The summed E-state index contributed by atoms with van der Waals surface area (Å²) in [6.45, 7) is 0. The highest BCUT2D eigenvalue weighted by molar-refractivity contribution is 5.55. The van der Waals surface area contributed by atoms with Gasteiger partial charge in [0.15, 0.2) is 0 Å². The van der Waals surface area contributed by atoms with Gasteiger partial charge in [-0.1, -0.05) is 0 Å². The van der Waals surface area contributed by atoms with Crippen molar-refractivity contribution in [1.29, 1.82) is 0 Å². The fourth-order valence-corrected chi connectivity index (χ4v) is 1.72. The lowest BCUT2D eigenvalue weighted by Crippen LogP contribution is -1.98. The fourth-order valence-electron chi connectivity index (χ4n) is 1.72. The van der Waals surface area contributed by atoms with Gasteiger partial charge in [-0.3, -0.25) is 0 Å². The van der Waals surface area contributed by atoms with E-state index in [0.717, 1.165) is 42.0 Å². The van der Waals surface area contributed by atoms with Crippen molar-refractivity contribution in [3.05, 3.63) is 42.0 Å². The summed E-state index contributed by atoms with van der Waals surface area (Å²) in [7, 11) is 0. The number of imidazole rings is 1. The number of H-pyrrole nitrogens is 1. The first kappa shape index (κ1) is 10.5. The first-order valence-electron chi connectivity index (χ1n) is 5.38. The Bertz CT molecular complexity index is 448. The molecule has 0 aliphatic carbocycles. The van der Waals surface area contributed by atoms with E-state index in [2.05, 4.69) is 9.97 Å². The van der Waals surface area contributed by atoms with Crippen LogP contribution in [-0.4, -0.2) is 9.97 Å². The summed E-state index contributed by atoms with van der Waals surface area (Å²) < 4.78 is 0. The van der Waals surface area contributed by atoms with Crippen molar-refractivity contribution >= 4 is 11.4 Å². The smallest absolute Gasteiger partial charge is 0.106 e. The predicted octanol–water partition coefficient (Wildman–Crippen LogP) is 1.75. The Morgan fingerprint density at radius 1 is 1.19 bits per heavy atom. The van der Waals surface area contributed by atoms with Gasteiger partial charge in [0.25, 0.3) is 0 Å². The highest BCUT2D eigenvalue weighted by Gasteiger charge is 2.01. The molecule has 2 aromatic rings. The normalized spacial score (nSPS) is 10.5. The molecule has 4 heteroatoms. The fraction of sp³-hybridized carbons (Fsp3) is 0.250. The lowest BCUT2D eigenvalue weighted by atomic mass is 10.1. The molecule has 0 radical (unpaired) electrons. The number of nitrogen functional groups attached to an aromatic ring is 2. The molecule has 16 heavy (non-hydrogen) atoms. The predicted molar refractivity (Wildman–Crippen MR) is 65.9 cm³/mol. The summed E-state index contributed by atoms with van der Waals surface area (Å²) in [6, 6.07) is 5.63. The van der Waals surface area contributed by atoms with E-state index in [-0.39, 0.29) is 0 Å². The summed E-state index contributed by atoms with van der Waals surface area (Å²) in [5, 5.41) is 0. The molecule has 0 bridgehead atoms. The average Bonchev–Trinajstić information content (AvgIpc) is 2.76. The van der Waals surface area contributed by atoms with Crippen LogP contribution in [0.15, 0.2) is 30.6 Å². The van der Waals surface area contributed by atoms with Gasteiger partial charge in [-0.25, -0.2) is 4.98 Å². The molecule has 0 saturated carbocycles. The first-order valence-corrected chi connectivity index (χ1v) is 5.38. The third kappa shape index (κ3) is 2.53. The van der Waals surface area contributed by atoms with Gasteiger partial charge in [-0.2, -0.15) is 0 Å². The van der Waals surface area contributed by atoms with Crippen molar-refractivity contribution < 1.29 is 0 Å². The molecule has 0 aliphatic heterocycles. The number of rotatable bonds is 4. The van der Waals surface area contributed by atoms with E-state index < -0.39 is 0 Å². The minimum atomic E-state index is 0.766. The van der Waals surface area contributed by atoms with Crippen molar-refractivity contribution in [2.45, 2.75) is 19.3 Å². The van der Waals surface area contributed by atoms with E-state index in [1.165, 1.54) is 0 Å². The number of aromatic amines is 1. The summed E-state index contributed by atoms with van der Waals surface area (Å²) in [6.07, 6.45) is 6.48. The Hall–Kier alpha value is -1.97. The van der Waals surface area contributed by atoms with Gasteiger partial charge >= 0.3 is 0 Å². The van der Waals surface area contributed by atoms with Gasteiger partial charge in [0.2, 0.25) is 0 Å². The number of nitrogens with two attached hydrogens (primary N) is 2. The zero-order valence-electron chi connectivity index (χ0n) is 9.11. The number of nitrogens with zero attached hydrogens (tertiary/aromatic N) is 1. The SMILES string of the molecule is Nc1ccc(N)c(CCCc2ncc[nH]2)c1. The van der Waals surface area contributed by atoms with Crippen LogP contribution in [0.2, 0.25) is 0 Å². The minimum Gasteiger partial charge on any atom is -0.399 e. The maximum Gasteiger partial charge on any atom is 0.106 e. The number of anilines is 2. The molecule has 1 aromatic heterocycles. The maximum absolute atomic E-state index is 5.87. The van der Waals surface area contributed by atoms with Crippen LogP contribution >= 0.6 is 0 Å². The van der Waals surface area contributed by atoms with E-state index in [9.17, 15) is 0 Å². The standard InChI is InChI=1S/C12H16N4/c13-10-4-5-11(14)9(8-10)2-1-3-12-15-6-7-16-12/h4-8H,1-3,13-14H2,(H,15,16). The van der Waals surface area contributed by atoms with Crippen molar-refractivity contribution in [3.63, 3.8) is 0 Å². The topological polar surface area (TPSA) is 80.7 Å². The Morgan fingerprint density at radius 2 is 2.06 bits per heavy atom. The molecule has 0 saturated heterocycles. The maximum atomic E-state index is 5.87. The molecule has 0 unspecified atom stereocenters. The molecule has 0 aliphatic rings. The lowest BCUT2D eigenvalue weighted by Gasteiger charge is -2.05. The van der Waals surface area contributed by atoms with Crippen molar-refractivity contribution in [2.24, 2.45) is 0 Å². The van der Waals surface area contributed by atoms with Gasteiger partial charge in [-0.15, -0.1) is 0 Å². The molecule has 0 atom stereocenters. The summed E-state index contributed by atoms with van der Waals surface area (Å²) in [4.78, 5) is 7.26. The zero-order valence-corrected chi connectivity index (χ0v) is 9.11. The van der Waals surface area contributed by atoms with E-state index in [0.29, 0.717) is 0 Å². The number of hydrogen-bond acceptors (Lipinski definition) is 3. The van der Waals surface area contributed by atoms with Gasteiger partial charge in [0.1, 0.15) is 5.82 Å². The molecule has 2 rings (SSSR count). The van der Waals surface area contributed by atoms with Crippen LogP contribution in [0, 0.1) is 0 Å². The molecule has 1 aromatic carbocycles. The van der Waals surface area contributed by atoms with Crippen LogP contribution in [0.1, 0.15) is 17.8 Å². The van der Waals surface area contributed by atoms with Crippen LogP contribution in [0.5, 0.6) is 0 Å². The lowest BCUT2D eigenvalue weighted by molar-refractivity contribution is 0.784. The van der Waals surface area contributed by atoms with Crippen LogP contribution in [0.3, 0.4) is 0 Å². The number of aryl methyl sites for hydroxylation is 2. The van der Waals surface area contributed by atoms with Crippen LogP contribution in [0.25, 0.3) is 0 Å². The van der Waals surface area contributed by atoms with Crippen LogP contribution in [-0.2, 0) is 12.8 Å². The van der Waals surface area contributed by atoms with Gasteiger partial charge < -0.3 is 16.5 Å². The highest BCUT2D eigenvalue weighted by atomic mass is 14.9. The van der Waals surface area contributed by atoms with E-state index in [1.54, 1.807) is 6.20 Å². The molecule has 0 amide bonds. The first-order chi connectivity index (χ1) is 7.75. The van der Waals surface area contributed by atoms with E-state index >= 15 is 0 Å². The van der Waals surface area contributed by atoms with Crippen LogP contribution in [0.4, 0.5) is 11.4 Å². The second kappa shape index (κ2) is 4.70. The summed E-state index contributed by atoms with van der Waals surface area (Å²) in [5.41, 5.74) is 14.3. The molecule has 5 N–H and O–H groups in total. The third-order valence-corrected chi connectivity index (χ3v) is 2.58. The van der Waals surface area contributed by atoms with Crippen LogP contribution < -0.4 is 11.5 Å². The second-order valence-electron chi connectivity index (χ2n) is 3.85. The molecule has 0 spiro atoms. The van der Waals surface area contributed by atoms with Crippen molar-refractivity contribution in [3.8, 4) is 0 Å². The van der Waals surface area contributed by atoms with Crippen molar-refractivity contribution in [2.75, 3.05) is 11.5 Å². The molecule has 1 heterocycles. The molecule has 4 nitrogen and oxygen atoms in total. The average molecular weight is 216 g/mol. The van der Waals surface area contributed by atoms with E-state index in [4.69, 9.17) is 11.5 Å². The number of hydrogen-bond donors (Lipinski definition) is 3. The third-order valence-electron chi connectivity index (χ3n) is 2.58. The largest absolute Gasteiger partial charge is 0.399 e. The molecular weight excluding hydrogens is 200 g/mol. The Kier molecular flexibility index (Phi) is 3.10. The van der Waals surface area contributed by atoms with Crippen molar-refractivity contribution in [1.82, 2.24) is 9.97 Å². The zero-order chi connectivity index (χ0) is 11.4. The minimum absolute atomic E-state index is 0.766. The summed E-state index contributed by atoms with van der Waals surface area (Å²) >= 11 is 0. The van der Waals surface area contributed by atoms with Gasteiger partial charge in [0.05, 0.1) is 0 Å². The Labute approximate surface area is 94.7 Å². The second-order valence-corrected chi connectivity index (χ2v) is 3.85. The number of aromatic nitrogens is 2. The Morgan fingerprint density at radius 3 is 2.81 bits per heavy atom. The highest BCUT2D eigenvalue weighted by Crippen LogP contribution is 2.17. The number of nitrogens with one attached hydrogen (secondary N) is 1. The monoisotopic (exact) mass is 216 g/mol. The van der Waals surface area contributed by atoms with Gasteiger partial charge in [-0.05, 0) is 36.6 Å².